The van der Waals surface area contributed by atoms with Crippen LogP contribution >= 0.6 is 11.6 Å². The molecule has 3 aliphatic rings. The van der Waals surface area contributed by atoms with Crippen molar-refractivity contribution in [3.8, 4) is 0 Å². The van der Waals surface area contributed by atoms with E-state index >= 15 is 0 Å². The average molecular weight is 296 g/mol. The lowest BCUT2D eigenvalue weighted by Gasteiger charge is -2.32. The van der Waals surface area contributed by atoms with Crippen LogP contribution in [0.3, 0.4) is 0 Å². The number of nitrogens with zero attached hydrogens (tertiary/aromatic N) is 1. The zero-order valence-corrected chi connectivity index (χ0v) is 13.2. The summed E-state index contributed by atoms with van der Waals surface area (Å²) in [6.45, 7) is 9.95. The summed E-state index contributed by atoms with van der Waals surface area (Å²) < 4.78 is 17.7. The fourth-order valence-corrected chi connectivity index (χ4v) is 2.79. The van der Waals surface area contributed by atoms with E-state index in [1.165, 1.54) is 0 Å². The third-order valence-corrected chi connectivity index (χ3v) is 4.76. The lowest BCUT2D eigenvalue weighted by Crippen LogP contribution is -2.41. The minimum Gasteiger partial charge on any atom is -0.471 e. The average Bonchev–Trinajstić information content (AvgIpc) is 2.74. The molecule has 0 bridgehead atoms. The molecule has 4 nitrogen and oxygen atoms in total. The van der Waals surface area contributed by atoms with Gasteiger partial charge in [-0.25, -0.2) is 4.99 Å². The maximum Gasteiger partial charge on any atom is 0.496 e. The van der Waals surface area contributed by atoms with Gasteiger partial charge >= 0.3 is 7.12 Å². The van der Waals surface area contributed by atoms with Gasteiger partial charge < -0.3 is 14.0 Å². The fourth-order valence-electron chi connectivity index (χ4n) is 2.51. The second kappa shape index (κ2) is 4.36. The number of allylic oxidation sites excluding steroid dienone is 2. The molecule has 0 aromatic rings. The van der Waals surface area contributed by atoms with Gasteiger partial charge in [-0.1, -0.05) is 11.6 Å². The first-order chi connectivity index (χ1) is 9.19. The molecular formula is C14H19BClNO3. The van der Waals surface area contributed by atoms with Crippen molar-refractivity contribution in [3.05, 3.63) is 22.7 Å². The van der Waals surface area contributed by atoms with Crippen LogP contribution in [0.15, 0.2) is 27.6 Å². The van der Waals surface area contributed by atoms with Gasteiger partial charge in [0, 0.05) is 17.4 Å². The van der Waals surface area contributed by atoms with E-state index < -0.39 is 7.12 Å². The minimum absolute atomic E-state index is 0.0336. The van der Waals surface area contributed by atoms with E-state index in [4.69, 9.17) is 25.6 Å². The molecule has 2 aliphatic heterocycles. The minimum atomic E-state index is -0.464. The molecule has 0 radical (unpaired) electrons. The molecule has 2 unspecified atom stereocenters. The smallest absolute Gasteiger partial charge is 0.471 e. The van der Waals surface area contributed by atoms with Gasteiger partial charge in [-0.15, -0.1) is 0 Å². The summed E-state index contributed by atoms with van der Waals surface area (Å²) in [6.07, 6.45) is 3.77. The number of fused-ring (bicyclic) bond motifs is 1. The second-order valence-corrected chi connectivity index (χ2v) is 6.85. The molecule has 3 rings (SSSR count). The molecular weight excluding hydrogens is 276 g/mol. The first-order valence-corrected chi connectivity index (χ1v) is 7.23. The summed E-state index contributed by atoms with van der Waals surface area (Å²) in [5.74, 6) is 0.687. The van der Waals surface area contributed by atoms with Crippen molar-refractivity contribution in [2.24, 2.45) is 4.99 Å². The predicted molar refractivity (Wildman–Crippen MR) is 79.9 cm³/mol. The van der Waals surface area contributed by atoms with Crippen LogP contribution in [-0.2, 0) is 14.0 Å². The van der Waals surface area contributed by atoms with E-state index in [0.29, 0.717) is 10.9 Å². The van der Waals surface area contributed by atoms with E-state index in [9.17, 15) is 0 Å². The molecule has 0 amide bonds. The van der Waals surface area contributed by atoms with E-state index in [1.54, 1.807) is 0 Å². The van der Waals surface area contributed by atoms with Crippen LogP contribution in [0.2, 0.25) is 0 Å². The summed E-state index contributed by atoms with van der Waals surface area (Å²) >= 11 is 6.37. The Morgan fingerprint density at radius 3 is 2.35 bits per heavy atom. The summed E-state index contributed by atoms with van der Waals surface area (Å²) in [6, 6.07) is -0.0336. The highest BCUT2D eigenvalue weighted by molar-refractivity contribution is 6.60. The van der Waals surface area contributed by atoms with Crippen LogP contribution in [0, 0.1) is 0 Å². The molecule has 6 heteroatoms. The molecule has 20 heavy (non-hydrogen) atoms. The van der Waals surface area contributed by atoms with Gasteiger partial charge in [0.15, 0.2) is 5.90 Å². The third-order valence-electron chi connectivity index (χ3n) is 4.42. The van der Waals surface area contributed by atoms with Crippen molar-refractivity contribution in [2.75, 3.05) is 0 Å². The number of ether oxygens (including phenoxy) is 1. The largest absolute Gasteiger partial charge is 0.496 e. The Labute approximate surface area is 125 Å². The summed E-state index contributed by atoms with van der Waals surface area (Å²) in [5.41, 5.74) is 0.0711. The van der Waals surface area contributed by atoms with Crippen LogP contribution in [-0.4, -0.2) is 36.4 Å². The van der Waals surface area contributed by atoms with Gasteiger partial charge in [-0.2, -0.15) is 0 Å². The number of halogens is 1. The van der Waals surface area contributed by atoms with Gasteiger partial charge in [0.05, 0.1) is 11.2 Å². The number of hydrogen-bond donors (Lipinski definition) is 0. The van der Waals surface area contributed by atoms with Crippen LogP contribution in [0.25, 0.3) is 0 Å². The Balaban J connectivity index is 1.86. The monoisotopic (exact) mass is 295 g/mol. The van der Waals surface area contributed by atoms with Crippen molar-refractivity contribution in [1.82, 2.24) is 0 Å². The molecule has 0 aromatic carbocycles. The summed E-state index contributed by atoms with van der Waals surface area (Å²) in [5, 5.41) is 0.631. The molecule has 1 aliphatic carbocycles. The Bertz CT molecular complexity index is 523. The normalized spacial score (nSPS) is 34.1. The van der Waals surface area contributed by atoms with Gasteiger partial charge in [0.25, 0.3) is 0 Å². The lowest BCUT2D eigenvalue weighted by atomic mass is 9.74. The van der Waals surface area contributed by atoms with Crippen LogP contribution < -0.4 is 0 Å². The zero-order chi connectivity index (χ0) is 14.7. The molecule has 2 heterocycles. The summed E-state index contributed by atoms with van der Waals surface area (Å²) in [7, 11) is -0.464. The highest BCUT2D eigenvalue weighted by Gasteiger charge is 2.53. The SMILES string of the molecule is CC1=NC2C=C(Cl)C(B3OC(C)(C)C(C)(C)O3)=CC2O1. The first kappa shape index (κ1) is 14.2. The van der Waals surface area contributed by atoms with E-state index in [-0.39, 0.29) is 23.3 Å². The van der Waals surface area contributed by atoms with Crippen LogP contribution in [0.1, 0.15) is 34.6 Å². The first-order valence-electron chi connectivity index (χ1n) is 6.86. The molecule has 1 fully saturated rings. The maximum atomic E-state index is 6.37. The zero-order valence-electron chi connectivity index (χ0n) is 12.4. The molecule has 0 saturated carbocycles. The highest BCUT2D eigenvalue weighted by atomic mass is 35.5. The van der Waals surface area contributed by atoms with Gasteiger partial charge in [0.2, 0.25) is 0 Å². The van der Waals surface area contributed by atoms with Crippen molar-refractivity contribution in [2.45, 2.75) is 58.0 Å². The van der Waals surface area contributed by atoms with Crippen molar-refractivity contribution < 1.29 is 14.0 Å². The van der Waals surface area contributed by atoms with Gasteiger partial charge in [-0.3, -0.25) is 0 Å². The van der Waals surface area contributed by atoms with Gasteiger partial charge in [0.1, 0.15) is 12.1 Å². The molecule has 0 N–H and O–H groups in total. The van der Waals surface area contributed by atoms with E-state index in [0.717, 1.165) is 5.47 Å². The number of aliphatic imine (C=N–C) groups is 1. The van der Waals surface area contributed by atoms with Crippen LogP contribution in [0.4, 0.5) is 0 Å². The number of rotatable bonds is 1. The van der Waals surface area contributed by atoms with Gasteiger partial charge in [-0.05, 0) is 39.8 Å². The fraction of sp³-hybridized carbons (Fsp3) is 0.643. The lowest BCUT2D eigenvalue weighted by molar-refractivity contribution is 0.00578. The second-order valence-electron chi connectivity index (χ2n) is 6.45. The molecule has 0 spiro atoms. The third kappa shape index (κ3) is 2.12. The highest BCUT2D eigenvalue weighted by Crippen LogP contribution is 2.41. The van der Waals surface area contributed by atoms with Crippen molar-refractivity contribution in [1.29, 1.82) is 0 Å². The molecule has 0 aromatic heterocycles. The van der Waals surface area contributed by atoms with E-state index in [1.807, 2.05) is 46.8 Å². The Morgan fingerprint density at radius 1 is 1.15 bits per heavy atom. The quantitative estimate of drug-likeness (QED) is 0.698. The van der Waals surface area contributed by atoms with Crippen LogP contribution in [0.5, 0.6) is 0 Å². The number of hydrogen-bond acceptors (Lipinski definition) is 4. The van der Waals surface area contributed by atoms with Crippen molar-refractivity contribution in [3.63, 3.8) is 0 Å². The molecule has 1 saturated heterocycles. The van der Waals surface area contributed by atoms with E-state index in [2.05, 4.69) is 4.99 Å². The maximum absolute atomic E-state index is 6.37. The predicted octanol–water partition coefficient (Wildman–Crippen LogP) is 2.87. The molecule has 2 atom stereocenters. The Kier molecular flexibility index (Phi) is 3.09. The standard InChI is InChI=1S/C14H19BClNO3/c1-8-17-11-7-10(16)9(6-12(11)18-8)15-19-13(2,3)14(4,5)20-15/h6-7,11-12H,1-5H3. The Hall–Kier alpha value is -0.775. The molecule has 108 valence electrons. The van der Waals surface area contributed by atoms with Crippen molar-refractivity contribution >= 4 is 24.6 Å². The Morgan fingerprint density at radius 2 is 1.75 bits per heavy atom. The summed E-state index contributed by atoms with van der Waals surface area (Å²) in [4.78, 5) is 4.39. The topological polar surface area (TPSA) is 40.0 Å².